The summed E-state index contributed by atoms with van der Waals surface area (Å²) in [6.45, 7) is 2.04. The monoisotopic (exact) mass is 274 g/mol. The van der Waals surface area contributed by atoms with Crippen molar-refractivity contribution < 1.29 is 4.92 Å². The Morgan fingerprint density at radius 2 is 2.29 bits per heavy atom. The van der Waals surface area contributed by atoms with E-state index in [1.54, 1.807) is 23.9 Å². The van der Waals surface area contributed by atoms with Crippen LogP contribution >= 0.6 is 23.4 Å². The van der Waals surface area contributed by atoms with E-state index in [2.05, 4.69) is 5.32 Å². The number of nitrogens with one attached hydrogen (secondary N) is 1. The lowest BCUT2D eigenvalue weighted by Gasteiger charge is -2.17. The number of anilines is 1. The van der Waals surface area contributed by atoms with E-state index in [1.165, 1.54) is 6.07 Å². The van der Waals surface area contributed by atoms with Crippen molar-refractivity contribution in [2.45, 2.75) is 19.4 Å². The minimum Gasteiger partial charge on any atom is -0.375 e. The van der Waals surface area contributed by atoms with Gasteiger partial charge in [0.15, 0.2) is 0 Å². The Balaban J connectivity index is 2.99. The molecule has 4 nitrogen and oxygen atoms in total. The van der Waals surface area contributed by atoms with Crippen molar-refractivity contribution in [3.63, 3.8) is 0 Å². The van der Waals surface area contributed by atoms with E-state index < -0.39 is 4.92 Å². The van der Waals surface area contributed by atoms with Gasteiger partial charge in [-0.2, -0.15) is 11.8 Å². The molecule has 0 aliphatic heterocycles. The summed E-state index contributed by atoms with van der Waals surface area (Å²) in [6.07, 6.45) is 2.90. The van der Waals surface area contributed by atoms with Gasteiger partial charge in [0, 0.05) is 17.9 Å². The highest BCUT2D eigenvalue weighted by atomic mass is 35.5. The maximum atomic E-state index is 10.9. The molecule has 1 rings (SSSR count). The third kappa shape index (κ3) is 3.78. The van der Waals surface area contributed by atoms with Crippen molar-refractivity contribution in [1.82, 2.24) is 0 Å². The molecule has 0 bridgehead atoms. The fourth-order valence-electron chi connectivity index (χ4n) is 1.47. The number of nitro benzene ring substituents is 1. The molecule has 1 aromatic carbocycles. The van der Waals surface area contributed by atoms with E-state index in [0.717, 1.165) is 12.2 Å². The minimum absolute atomic E-state index is 0.0250. The molecule has 17 heavy (non-hydrogen) atoms. The summed E-state index contributed by atoms with van der Waals surface area (Å²) in [5.74, 6) is 0.888. The number of thioether (sulfide) groups is 1. The summed E-state index contributed by atoms with van der Waals surface area (Å²) in [5.41, 5.74) is 0.442. The van der Waals surface area contributed by atoms with Crippen LogP contribution in [0.3, 0.4) is 0 Å². The molecule has 1 N–H and O–H groups in total. The fourth-order valence-corrected chi connectivity index (χ4v) is 2.42. The van der Waals surface area contributed by atoms with Gasteiger partial charge in [-0.05, 0) is 18.7 Å². The zero-order valence-electron chi connectivity index (χ0n) is 9.77. The predicted molar refractivity (Wildman–Crippen MR) is 74.2 cm³/mol. The summed E-state index contributed by atoms with van der Waals surface area (Å²) < 4.78 is 0. The quantitative estimate of drug-likeness (QED) is 0.633. The molecule has 0 aliphatic carbocycles. The van der Waals surface area contributed by atoms with Crippen molar-refractivity contribution in [2.75, 3.05) is 17.3 Å². The topological polar surface area (TPSA) is 55.2 Å². The van der Waals surface area contributed by atoms with E-state index in [0.29, 0.717) is 10.7 Å². The smallest absolute Gasteiger partial charge is 0.293 e. The molecule has 0 aromatic heterocycles. The molecule has 0 aliphatic rings. The summed E-state index contributed by atoms with van der Waals surface area (Å²) in [7, 11) is 0. The first kappa shape index (κ1) is 14.1. The zero-order valence-corrected chi connectivity index (χ0v) is 11.3. The molecule has 0 radical (unpaired) electrons. The Morgan fingerprint density at radius 3 is 2.82 bits per heavy atom. The normalized spacial score (nSPS) is 12.2. The van der Waals surface area contributed by atoms with E-state index in [1.807, 2.05) is 13.2 Å². The predicted octanol–water partition coefficient (Wildman–Crippen LogP) is 3.80. The van der Waals surface area contributed by atoms with E-state index in [4.69, 9.17) is 11.6 Å². The van der Waals surface area contributed by atoms with Crippen molar-refractivity contribution >= 4 is 34.7 Å². The largest absolute Gasteiger partial charge is 0.375 e. The molecule has 1 atom stereocenters. The first-order valence-corrected chi connectivity index (χ1v) is 7.05. The van der Waals surface area contributed by atoms with Gasteiger partial charge in [0.2, 0.25) is 0 Å². The van der Waals surface area contributed by atoms with Gasteiger partial charge in [-0.3, -0.25) is 10.1 Å². The summed E-state index contributed by atoms with van der Waals surface area (Å²) >= 11 is 7.70. The first-order valence-electron chi connectivity index (χ1n) is 5.28. The average Bonchev–Trinajstić information content (AvgIpc) is 2.30. The molecule has 0 saturated carbocycles. The van der Waals surface area contributed by atoms with Crippen LogP contribution in [0.15, 0.2) is 18.2 Å². The number of benzene rings is 1. The van der Waals surface area contributed by atoms with Crippen LogP contribution in [0.5, 0.6) is 0 Å². The number of halogens is 1. The second-order valence-electron chi connectivity index (χ2n) is 3.60. The molecule has 0 heterocycles. The lowest BCUT2D eigenvalue weighted by Crippen LogP contribution is -2.21. The van der Waals surface area contributed by atoms with Gasteiger partial charge in [-0.1, -0.05) is 24.6 Å². The highest BCUT2D eigenvalue weighted by molar-refractivity contribution is 7.98. The van der Waals surface area contributed by atoms with E-state index in [9.17, 15) is 10.1 Å². The Hall–Kier alpha value is -0.940. The molecule has 1 aromatic rings. The van der Waals surface area contributed by atoms with Gasteiger partial charge in [0.25, 0.3) is 5.69 Å². The Morgan fingerprint density at radius 1 is 1.59 bits per heavy atom. The van der Waals surface area contributed by atoms with Crippen LogP contribution in [-0.2, 0) is 0 Å². The van der Waals surface area contributed by atoms with E-state index >= 15 is 0 Å². The van der Waals surface area contributed by atoms with Crippen LogP contribution in [0.25, 0.3) is 0 Å². The highest BCUT2D eigenvalue weighted by Gasteiger charge is 2.18. The number of nitro groups is 1. The van der Waals surface area contributed by atoms with Crippen LogP contribution in [0.4, 0.5) is 11.4 Å². The lowest BCUT2D eigenvalue weighted by molar-refractivity contribution is -0.384. The van der Waals surface area contributed by atoms with Crippen molar-refractivity contribution in [1.29, 1.82) is 0 Å². The summed E-state index contributed by atoms with van der Waals surface area (Å²) in [6, 6.07) is 4.88. The van der Waals surface area contributed by atoms with Gasteiger partial charge in [0.05, 0.1) is 9.95 Å². The second kappa shape index (κ2) is 6.71. The number of para-hydroxylation sites is 1. The third-order valence-corrected chi connectivity index (χ3v) is 3.45. The van der Waals surface area contributed by atoms with Gasteiger partial charge in [-0.15, -0.1) is 0 Å². The molecular formula is C11H15ClN2O2S. The molecule has 94 valence electrons. The first-order chi connectivity index (χ1) is 8.10. The van der Waals surface area contributed by atoms with Gasteiger partial charge in [-0.25, -0.2) is 0 Å². The van der Waals surface area contributed by atoms with Crippen LogP contribution in [0, 0.1) is 10.1 Å². The highest BCUT2D eigenvalue weighted by Crippen LogP contribution is 2.32. The van der Waals surface area contributed by atoms with Gasteiger partial charge >= 0.3 is 0 Å². The standard InChI is InChI=1S/C11H15ClN2O2S/c1-3-8(7-17-2)13-11-9(12)5-4-6-10(11)14(15)16/h4-6,8,13H,3,7H2,1-2H3. The van der Waals surface area contributed by atoms with Crippen LogP contribution in [0.2, 0.25) is 5.02 Å². The summed E-state index contributed by atoms with van der Waals surface area (Å²) in [4.78, 5) is 10.5. The van der Waals surface area contributed by atoms with Crippen molar-refractivity contribution in [2.24, 2.45) is 0 Å². The van der Waals surface area contributed by atoms with Gasteiger partial charge in [0.1, 0.15) is 5.69 Å². The Labute approximate surface area is 110 Å². The Kier molecular flexibility index (Phi) is 5.58. The molecule has 6 heteroatoms. The Bertz CT molecular complexity index is 401. The molecule has 0 fully saturated rings. The van der Waals surface area contributed by atoms with Gasteiger partial charge < -0.3 is 5.32 Å². The molecule has 0 spiro atoms. The molecule has 1 unspecified atom stereocenters. The van der Waals surface area contributed by atoms with Crippen LogP contribution in [-0.4, -0.2) is 23.0 Å². The SMILES string of the molecule is CCC(CSC)Nc1c(Cl)cccc1[N+](=O)[O-]. The number of rotatable bonds is 6. The average molecular weight is 275 g/mol. The maximum absolute atomic E-state index is 10.9. The maximum Gasteiger partial charge on any atom is 0.293 e. The number of hydrogen-bond acceptors (Lipinski definition) is 4. The second-order valence-corrected chi connectivity index (χ2v) is 4.91. The number of hydrogen-bond donors (Lipinski definition) is 1. The van der Waals surface area contributed by atoms with Crippen molar-refractivity contribution in [3.8, 4) is 0 Å². The minimum atomic E-state index is -0.417. The molecule has 0 saturated heterocycles. The summed E-state index contributed by atoms with van der Waals surface area (Å²) in [5, 5.41) is 14.4. The van der Waals surface area contributed by atoms with Crippen LogP contribution < -0.4 is 5.32 Å². The number of nitrogens with zero attached hydrogens (tertiary/aromatic N) is 1. The molecule has 0 amide bonds. The fraction of sp³-hybridized carbons (Fsp3) is 0.455. The van der Waals surface area contributed by atoms with E-state index in [-0.39, 0.29) is 11.7 Å². The third-order valence-electron chi connectivity index (χ3n) is 2.40. The lowest BCUT2D eigenvalue weighted by atomic mass is 10.2. The van der Waals surface area contributed by atoms with Crippen molar-refractivity contribution in [3.05, 3.63) is 33.3 Å². The zero-order chi connectivity index (χ0) is 12.8. The van der Waals surface area contributed by atoms with Crippen LogP contribution in [0.1, 0.15) is 13.3 Å². The molecular weight excluding hydrogens is 260 g/mol.